The Balaban J connectivity index is 2.23. The van der Waals surface area contributed by atoms with Crippen LogP contribution in [0.15, 0.2) is 29.8 Å². The number of halogens is 1. The monoisotopic (exact) mass is 263 g/mol. The van der Waals surface area contributed by atoms with Crippen LogP contribution in [0.3, 0.4) is 0 Å². The Morgan fingerprint density at radius 1 is 1.17 bits per heavy atom. The van der Waals surface area contributed by atoms with Crippen LogP contribution in [0.1, 0.15) is 55.7 Å². The Bertz CT molecular complexity index is 437. The summed E-state index contributed by atoms with van der Waals surface area (Å²) in [5, 5.41) is 0.827. The fourth-order valence-electron chi connectivity index (χ4n) is 2.61. The number of aryl methyl sites for hydroxylation is 1. The first-order valence-corrected chi connectivity index (χ1v) is 7.27. The van der Waals surface area contributed by atoms with Crippen LogP contribution in [0.4, 0.5) is 0 Å². The topological polar surface area (TPSA) is 26.0 Å². The molecule has 0 saturated carbocycles. The molecule has 0 aromatic heterocycles. The maximum absolute atomic E-state index is 6.41. The Labute approximate surface area is 115 Å². The third kappa shape index (κ3) is 3.15. The molecule has 1 aliphatic carbocycles. The zero-order valence-electron chi connectivity index (χ0n) is 11.1. The highest BCUT2D eigenvalue weighted by Crippen LogP contribution is 2.32. The molecule has 1 atom stereocenters. The minimum absolute atomic E-state index is 0.0319. The smallest absolute Gasteiger partial charge is 0.0525 e. The van der Waals surface area contributed by atoms with Crippen molar-refractivity contribution in [3.05, 3.63) is 46.0 Å². The first-order valence-electron chi connectivity index (χ1n) is 6.89. The van der Waals surface area contributed by atoms with E-state index in [1.54, 1.807) is 0 Å². The van der Waals surface area contributed by atoms with Crippen molar-refractivity contribution >= 4 is 11.6 Å². The van der Waals surface area contributed by atoms with Crippen LogP contribution in [0.2, 0.25) is 5.02 Å². The van der Waals surface area contributed by atoms with E-state index in [4.69, 9.17) is 17.3 Å². The molecular formula is C16H22ClN. The van der Waals surface area contributed by atoms with Crippen LogP contribution in [-0.2, 0) is 0 Å². The Morgan fingerprint density at radius 2 is 1.94 bits per heavy atom. The van der Waals surface area contributed by atoms with Gasteiger partial charge in [-0.25, -0.2) is 0 Å². The summed E-state index contributed by atoms with van der Waals surface area (Å²) >= 11 is 6.37. The van der Waals surface area contributed by atoms with Crippen LogP contribution in [0, 0.1) is 6.92 Å². The van der Waals surface area contributed by atoms with Crippen molar-refractivity contribution in [2.75, 3.05) is 0 Å². The van der Waals surface area contributed by atoms with Crippen molar-refractivity contribution in [1.82, 2.24) is 0 Å². The number of benzene rings is 1. The Morgan fingerprint density at radius 3 is 2.78 bits per heavy atom. The summed E-state index contributed by atoms with van der Waals surface area (Å²) in [6, 6.07) is 6.10. The predicted octanol–water partition coefficient (Wildman–Crippen LogP) is 4.93. The number of rotatable bonds is 2. The molecule has 0 heterocycles. The molecule has 18 heavy (non-hydrogen) atoms. The summed E-state index contributed by atoms with van der Waals surface area (Å²) in [7, 11) is 0. The maximum atomic E-state index is 6.41. The summed E-state index contributed by atoms with van der Waals surface area (Å²) in [6.45, 7) is 2.03. The lowest BCUT2D eigenvalue weighted by molar-refractivity contribution is 0.602. The van der Waals surface area contributed by atoms with Crippen molar-refractivity contribution in [2.24, 2.45) is 5.73 Å². The van der Waals surface area contributed by atoms with Gasteiger partial charge in [-0.2, -0.15) is 0 Å². The van der Waals surface area contributed by atoms with E-state index in [0.29, 0.717) is 0 Å². The molecule has 2 rings (SSSR count). The lowest BCUT2D eigenvalue weighted by atomic mass is 9.91. The average molecular weight is 264 g/mol. The standard InChI is InChI=1S/C16H22ClN/c1-12-8-7-11-14(15(12)17)16(18)13-9-5-3-2-4-6-10-13/h7-9,11,16H,2-6,10,18H2,1H3/b13-9+. The molecule has 1 nitrogen and oxygen atoms in total. The fraction of sp³-hybridized carbons (Fsp3) is 0.500. The van der Waals surface area contributed by atoms with E-state index in [0.717, 1.165) is 29.0 Å². The van der Waals surface area contributed by atoms with Gasteiger partial charge in [-0.15, -0.1) is 0 Å². The van der Waals surface area contributed by atoms with Gasteiger partial charge in [-0.1, -0.05) is 54.3 Å². The van der Waals surface area contributed by atoms with Gasteiger partial charge in [0.1, 0.15) is 0 Å². The molecule has 1 aliphatic rings. The second kappa shape index (κ2) is 6.40. The van der Waals surface area contributed by atoms with Crippen LogP contribution < -0.4 is 5.73 Å². The van der Waals surface area contributed by atoms with Gasteiger partial charge in [-0.3, -0.25) is 0 Å². The minimum Gasteiger partial charge on any atom is -0.321 e. The molecule has 0 aliphatic heterocycles. The van der Waals surface area contributed by atoms with Gasteiger partial charge in [0.25, 0.3) is 0 Å². The number of allylic oxidation sites excluding steroid dienone is 1. The second-order valence-electron chi connectivity index (χ2n) is 5.19. The summed E-state index contributed by atoms with van der Waals surface area (Å²) in [6.07, 6.45) is 9.83. The molecule has 2 heteroatoms. The molecule has 1 aromatic carbocycles. The minimum atomic E-state index is -0.0319. The zero-order valence-corrected chi connectivity index (χ0v) is 11.8. The van der Waals surface area contributed by atoms with Crippen LogP contribution in [0.25, 0.3) is 0 Å². The van der Waals surface area contributed by atoms with Gasteiger partial charge in [0.05, 0.1) is 6.04 Å². The third-order valence-electron chi connectivity index (χ3n) is 3.78. The van der Waals surface area contributed by atoms with Crippen LogP contribution >= 0.6 is 11.6 Å². The molecule has 0 saturated heterocycles. The van der Waals surface area contributed by atoms with E-state index < -0.39 is 0 Å². The molecule has 1 aromatic rings. The number of hydrogen-bond acceptors (Lipinski definition) is 1. The molecule has 0 bridgehead atoms. The molecule has 0 radical (unpaired) electrons. The van der Waals surface area contributed by atoms with E-state index >= 15 is 0 Å². The SMILES string of the molecule is Cc1cccc(C(N)/C2=C/CCCCCC2)c1Cl. The summed E-state index contributed by atoms with van der Waals surface area (Å²) in [5.74, 6) is 0. The molecular weight excluding hydrogens is 242 g/mol. The highest BCUT2D eigenvalue weighted by atomic mass is 35.5. The molecule has 1 unspecified atom stereocenters. The van der Waals surface area contributed by atoms with Crippen molar-refractivity contribution < 1.29 is 0 Å². The van der Waals surface area contributed by atoms with Crippen molar-refractivity contribution in [2.45, 2.75) is 51.5 Å². The molecule has 0 amide bonds. The highest BCUT2D eigenvalue weighted by Gasteiger charge is 2.16. The molecule has 2 N–H and O–H groups in total. The Hall–Kier alpha value is -0.790. The lowest BCUT2D eigenvalue weighted by Crippen LogP contribution is -2.15. The van der Waals surface area contributed by atoms with Crippen LogP contribution in [-0.4, -0.2) is 0 Å². The van der Waals surface area contributed by atoms with Gasteiger partial charge >= 0.3 is 0 Å². The molecule has 0 spiro atoms. The van der Waals surface area contributed by atoms with Crippen molar-refractivity contribution in [3.63, 3.8) is 0 Å². The number of nitrogens with two attached hydrogens (primary N) is 1. The highest BCUT2D eigenvalue weighted by molar-refractivity contribution is 6.32. The van der Waals surface area contributed by atoms with E-state index in [2.05, 4.69) is 12.1 Å². The first kappa shape index (κ1) is 13.6. The zero-order chi connectivity index (χ0) is 13.0. The van der Waals surface area contributed by atoms with E-state index in [-0.39, 0.29) is 6.04 Å². The average Bonchev–Trinajstić information content (AvgIpc) is 2.31. The van der Waals surface area contributed by atoms with Gasteiger partial charge in [-0.05, 0) is 43.7 Å². The largest absolute Gasteiger partial charge is 0.321 e. The summed E-state index contributed by atoms with van der Waals surface area (Å²) in [4.78, 5) is 0. The summed E-state index contributed by atoms with van der Waals surface area (Å²) in [5.41, 5.74) is 9.95. The third-order valence-corrected chi connectivity index (χ3v) is 4.30. The van der Waals surface area contributed by atoms with E-state index in [1.165, 1.54) is 31.3 Å². The normalized spacial score (nSPS) is 21.6. The van der Waals surface area contributed by atoms with Crippen molar-refractivity contribution in [3.8, 4) is 0 Å². The quantitative estimate of drug-likeness (QED) is 0.753. The van der Waals surface area contributed by atoms with Crippen molar-refractivity contribution in [1.29, 1.82) is 0 Å². The van der Waals surface area contributed by atoms with Gasteiger partial charge in [0.2, 0.25) is 0 Å². The summed E-state index contributed by atoms with van der Waals surface area (Å²) < 4.78 is 0. The number of hydrogen-bond donors (Lipinski definition) is 1. The van der Waals surface area contributed by atoms with Gasteiger partial charge in [0, 0.05) is 5.02 Å². The second-order valence-corrected chi connectivity index (χ2v) is 5.57. The Kier molecular flexibility index (Phi) is 4.85. The fourth-order valence-corrected chi connectivity index (χ4v) is 2.85. The van der Waals surface area contributed by atoms with Gasteiger partial charge in [0.15, 0.2) is 0 Å². The predicted molar refractivity (Wildman–Crippen MR) is 78.9 cm³/mol. The first-order chi connectivity index (χ1) is 8.70. The van der Waals surface area contributed by atoms with Crippen LogP contribution in [0.5, 0.6) is 0 Å². The van der Waals surface area contributed by atoms with Gasteiger partial charge < -0.3 is 5.73 Å². The maximum Gasteiger partial charge on any atom is 0.0525 e. The molecule has 98 valence electrons. The van der Waals surface area contributed by atoms with E-state index in [1.807, 2.05) is 19.1 Å². The van der Waals surface area contributed by atoms with E-state index in [9.17, 15) is 0 Å². The lowest BCUT2D eigenvalue weighted by Gasteiger charge is -2.20. The molecule has 0 fully saturated rings.